The molecule has 20 heavy (non-hydrogen) atoms. The first-order valence-corrected chi connectivity index (χ1v) is 5.88. The molecule has 0 fully saturated rings. The van der Waals surface area contributed by atoms with Crippen LogP contribution >= 0.6 is 0 Å². The van der Waals surface area contributed by atoms with Crippen LogP contribution in [0.1, 0.15) is 27.0 Å². The van der Waals surface area contributed by atoms with E-state index in [2.05, 4.69) is 0 Å². The predicted octanol–water partition coefficient (Wildman–Crippen LogP) is 3.83. The molecular weight excluding hydrogens is 267 g/mol. The molecule has 0 aromatic heterocycles. The number of nitrogens with two attached hydrogens (primary N) is 1. The molecule has 0 amide bonds. The maximum atomic E-state index is 12.9. The van der Waals surface area contributed by atoms with Crippen LogP contribution in [0.15, 0.2) is 42.5 Å². The predicted molar refractivity (Wildman–Crippen MR) is 70.5 cm³/mol. The van der Waals surface area contributed by atoms with E-state index in [0.29, 0.717) is 5.69 Å². The number of hydrogen-bond donors (Lipinski definition) is 1. The maximum Gasteiger partial charge on any atom is 0.417 e. The number of rotatable bonds is 2. The average Bonchev–Trinajstić information content (AvgIpc) is 2.40. The van der Waals surface area contributed by atoms with Gasteiger partial charge in [0.15, 0.2) is 5.78 Å². The lowest BCUT2D eigenvalue weighted by Crippen LogP contribution is -2.13. The largest absolute Gasteiger partial charge is 0.417 e. The lowest BCUT2D eigenvalue weighted by atomic mass is 9.97. The number of hydrogen-bond acceptors (Lipinski definition) is 2. The number of nitrogen functional groups attached to an aromatic ring is 1. The number of alkyl halides is 3. The fourth-order valence-corrected chi connectivity index (χ4v) is 1.87. The summed E-state index contributed by atoms with van der Waals surface area (Å²) in [6.45, 7) is 1.76. The summed E-state index contributed by atoms with van der Waals surface area (Å²) in [4.78, 5) is 12.2. The van der Waals surface area contributed by atoms with Crippen LogP contribution in [0.5, 0.6) is 0 Å². The van der Waals surface area contributed by atoms with Crippen molar-refractivity contribution in [2.24, 2.45) is 0 Å². The van der Waals surface area contributed by atoms with Crippen LogP contribution < -0.4 is 5.73 Å². The molecule has 2 aromatic rings. The summed E-state index contributed by atoms with van der Waals surface area (Å²) in [5.74, 6) is -0.690. The van der Waals surface area contributed by atoms with Crippen LogP contribution in [-0.4, -0.2) is 5.78 Å². The van der Waals surface area contributed by atoms with Gasteiger partial charge in [0.2, 0.25) is 0 Å². The summed E-state index contributed by atoms with van der Waals surface area (Å²) in [7, 11) is 0. The van der Waals surface area contributed by atoms with Crippen molar-refractivity contribution < 1.29 is 18.0 Å². The van der Waals surface area contributed by atoms with E-state index in [4.69, 9.17) is 5.73 Å². The molecule has 5 heteroatoms. The fourth-order valence-electron chi connectivity index (χ4n) is 1.87. The SMILES string of the molecule is Cc1ccc(C(=O)c2ccccc2C(F)(F)F)cc1N. The Bertz CT molecular complexity index is 662. The van der Waals surface area contributed by atoms with Gasteiger partial charge in [0.1, 0.15) is 0 Å². The molecule has 0 spiro atoms. The molecular formula is C15H12F3NO. The monoisotopic (exact) mass is 279 g/mol. The second kappa shape index (κ2) is 5.00. The molecule has 0 saturated heterocycles. The summed E-state index contributed by atoms with van der Waals surface area (Å²) in [5, 5.41) is 0. The van der Waals surface area contributed by atoms with Crippen molar-refractivity contribution in [3.63, 3.8) is 0 Å². The molecule has 2 nitrogen and oxygen atoms in total. The Hall–Kier alpha value is -2.30. The van der Waals surface area contributed by atoms with E-state index >= 15 is 0 Å². The van der Waals surface area contributed by atoms with Crippen molar-refractivity contribution in [2.45, 2.75) is 13.1 Å². The molecule has 2 rings (SSSR count). The highest BCUT2D eigenvalue weighted by atomic mass is 19.4. The molecule has 0 aliphatic carbocycles. The zero-order valence-electron chi connectivity index (χ0n) is 10.7. The molecule has 0 aliphatic heterocycles. The standard InChI is InChI=1S/C15H12F3NO/c1-9-6-7-10(8-13(9)19)14(20)11-4-2-3-5-12(11)15(16,17)18/h2-8H,19H2,1H3. The number of anilines is 1. The lowest BCUT2D eigenvalue weighted by Gasteiger charge is -2.12. The van der Waals surface area contributed by atoms with Crippen molar-refractivity contribution in [3.05, 3.63) is 64.7 Å². The van der Waals surface area contributed by atoms with Gasteiger partial charge in [-0.2, -0.15) is 13.2 Å². The van der Waals surface area contributed by atoms with E-state index in [1.54, 1.807) is 13.0 Å². The molecule has 0 heterocycles. The Balaban J connectivity index is 2.51. The second-order valence-corrected chi connectivity index (χ2v) is 4.44. The van der Waals surface area contributed by atoms with Gasteiger partial charge in [0.05, 0.1) is 5.56 Å². The number of ketones is 1. The topological polar surface area (TPSA) is 43.1 Å². The molecule has 0 radical (unpaired) electrons. The Kier molecular flexibility index (Phi) is 3.53. The number of benzene rings is 2. The number of halogens is 3. The third-order valence-electron chi connectivity index (χ3n) is 3.02. The Morgan fingerprint density at radius 3 is 2.35 bits per heavy atom. The quantitative estimate of drug-likeness (QED) is 0.670. The molecule has 0 aliphatic rings. The minimum atomic E-state index is -4.57. The van der Waals surface area contributed by atoms with Crippen LogP contribution in [-0.2, 0) is 6.18 Å². The molecule has 0 unspecified atom stereocenters. The van der Waals surface area contributed by atoms with Crippen LogP contribution in [0.3, 0.4) is 0 Å². The lowest BCUT2D eigenvalue weighted by molar-refractivity contribution is -0.137. The Morgan fingerprint density at radius 2 is 1.75 bits per heavy atom. The van der Waals surface area contributed by atoms with E-state index in [9.17, 15) is 18.0 Å². The molecule has 0 atom stereocenters. The summed E-state index contributed by atoms with van der Waals surface area (Å²) < 4.78 is 38.7. The van der Waals surface area contributed by atoms with Crippen molar-refractivity contribution in [3.8, 4) is 0 Å². The van der Waals surface area contributed by atoms with E-state index in [1.807, 2.05) is 0 Å². The number of carbonyl (C=O) groups is 1. The van der Waals surface area contributed by atoms with Crippen molar-refractivity contribution in [1.82, 2.24) is 0 Å². The number of carbonyl (C=O) groups excluding carboxylic acids is 1. The van der Waals surface area contributed by atoms with Gasteiger partial charge in [0.25, 0.3) is 0 Å². The van der Waals surface area contributed by atoms with Gasteiger partial charge in [-0.15, -0.1) is 0 Å². The first-order chi connectivity index (χ1) is 9.30. The van der Waals surface area contributed by atoms with E-state index in [-0.39, 0.29) is 11.1 Å². The fraction of sp³-hybridized carbons (Fsp3) is 0.133. The van der Waals surface area contributed by atoms with Gasteiger partial charge in [-0.3, -0.25) is 4.79 Å². The third-order valence-corrected chi connectivity index (χ3v) is 3.02. The first kappa shape index (κ1) is 14.1. The van der Waals surface area contributed by atoms with E-state index < -0.39 is 17.5 Å². The molecule has 104 valence electrons. The van der Waals surface area contributed by atoms with Crippen molar-refractivity contribution in [2.75, 3.05) is 5.73 Å². The maximum absolute atomic E-state index is 12.9. The van der Waals surface area contributed by atoms with Crippen molar-refractivity contribution in [1.29, 1.82) is 0 Å². The van der Waals surface area contributed by atoms with Crippen molar-refractivity contribution >= 4 is 11.5 Å². The van der Waals surface area contributed by atoms with Gasteiger partial charge < -0.3 is 5.73 Å². The minimum absolute atomic E-state index is 0.143. The summed E-state index contributed by atoms with van der Waals surface area (Å²) >= 11 is 0. The number of aryl methyl sites for hydroxylation is 1. The average molecular weight is 279 g/mol. The summed E-state index contributed by atoms with van der Waals surface area (Å²) in [5.41, 5.74) is 5.66. The Labute approximate surface area is 114 Å². The van der Waals surface area contributed by atoms with Gasteiger partial charge in [0, 0.05) is 16.8 Å². The zero-order valence-corrected chi connectivity index (χ0v) is 10.7. The van der Waals surface area contributed by atoms with Gasteiger partial charge in [-0.1, -0.05) is 30.3 Å². The normalized spacial score (nSPS) is 11.4. The molecule has 2 aromatic carbocycles. The molecule has 0 bridgehead atoms. The highest BCUT2D eigenvalue weighted by molar-refractivity contribution is 6.10. The van der Waals surface area contributed by atoms with Crippen LogP contribution in [0, 0.1) is 6.92 Å². The molecule has 2 N–H and O–H groups in total. The van der Waals surface area contributed by atoms with Crippen LogP contribution in [0.2, 0.25) is 0 Å². The summed E-state index contributed by atoms with van der Waals surface area (Å²) in [6.07, 6.45) is -4.57. The first-order valence-electron chi connectivity index (χ1n) is 5.88. The minimum Gasteiger partial charge on any atom is -0.398 e. The van der Waals surface area contributed by atoms with Crippen LogP contribution in [0.4, 0.5) is 18.9 Å². The second-order valence-electron chi connectivity index (χ2n) is 4.44. The summed E-state index contributed by atoms with van der Waals surface area (Å²) in [6, 6.07) is 9.19. The van der Waals surface area contributed by atoms with Crippen LogP contribution in [0.25, 0.3) is 0 Å². The van der Waals surface area contributed by atoms with E-state index in [0.717, 1.165) is 11.6 Å². The highest BCUT2D eigenvalue weighted by Crippen LogP contribution is 2.33. The molecule has 0 saturated carbocycles. The van der Waals surface area contributed by atoms with Gasteiger partial charge in [-0.25, -0.2) is 0 Å². The third kappa shape index (κ3) is 2.66. The van der Waals surface area contributed by atoms with Gasteiger partial charge in [-0.05, 0) is 24.6 Å². The van der Waals surface area contributed by atoms with Gasteiger partial charge >= 0.3 is 6.18 Å². The van der Waals surface area contributed by atoms with E-state index in [1.165, 1.54) is 30.3 Å². The Morgan fingerprint density at radius 1 is 1.10 bits per heavy atom. The highest BCUT2D eigenvalue weighted by Gasteiger charge is 2.34. The zero-order chi connectivity index (χ0) is 14.9. The smallest absolute Gasteiger partial charge is 0.398 e.